The molecular weight excluding hydrogens is 176 g/mol. The third-order valence-corrected chi connectivity index (χ3v) is 1.61. The molecule has 0 aliphatic carbocycles. The van der Waals surface area contributed by atoms with Crippen LogP contribution in [0.2, 0.25) is 0 Å². The molecule has 66 valence electrons. The summed E-state index contributed by atoms with van der Waals surface area (Å²) in [6.45, 7) is 0. The highest BCUT2D eigenvalue weighted by molar-refractivity contribution is 5.71. The van der Waals surface area contributed by atoms with Crippen LogP contribution in [0.5, 0.6) is 0 Å². The van der Waals surface area contributed by atoms with Crippen molar-refractivity contribution in [3.63, 3.8) is 0 Å². The van der Waals surface area contributed by atoms with Gasteiger partial charge < -0.3 is 9.62 Å². The average molecular weight is 180 g/mol. The van der Waals surface area contributed by atoms with E-state index in [4.69, 9.17) is 4.42 Å². The average Bonchev–Trinajstić information content (AvgIpc) is 2.49. The van der Waals surface area contributed by atoms with Crippen LogP contribution < -0.4 is 4.73 Å². The van der Waals surface area contributed by atoms with Crippen molar-refractivity contribution in [2.24, 2.45) is 0 Å². The smallest absolute Gasteiger partial charge is 0.440 e. The Morgan fingerprint density at radius 2 is 2.31 bits per heavy atom. The SMILES string of the molecule is O=[N+]([O-])c1cc2c(ccc[n+]2[O-])o1. The molecule has 0 unspecified atom stereocenters. The molecule has 2 aromatic heterocycles. The zero-order chi connectivity index (χ0) is 9.42. The highest BCUT2D eigenvalue weighted by Crippen LogP contribution is 2.21. The van der Waals surface area contributed by atoms with Crippen molar-refractivity contribution in [2.45, 2.75) is 0 Å². The van der Waals surface area contributed by atoms with Crippen molar-refractivity contribution >= 4 is 17.0 Å². The molecule has 6 heteroatoms. The Kier molecular flexibility index (Phi) is 1.42. The summed E-state index contributed by atoms with van der Waals surface area (Å²) in [6, 6.07) is 4.06. The first kappa shape index (κ1) is 7.53. The van der Waals surface area contributed by atoms with Gasteiger partial charge in [0.2, 0.25) is 5.58 Å². The normalized spacial score (nSPS) is 10.5. The Bertz CT molecular complexity index is 476. The van der Waals surface area contributed by atoms with E-state index in [0.717, 1.165) is 6.07 Å². The van der Waals surface area contributed by atoms with E-state index in [1.807, 2.05) is 0 Å². The van der Waals surface area contributed by atoms with Crippen LogP contribution in [0.3, 0.4) is 0 Å². The number of nitrogens with zero attached hydrogens (tertiary/aromatic N) is 2. The number of fused-ring (bicyclic) bond motifs is 1. The Labute approximate surface area is 71.7 Å². The van der Waals surface area contributed by atoms with Crippen LogP contribution in [0.25, 0.3) is 11.1 Å². The molecule has 0 amide bonds. The molecule has 0 bridgehead atoms. The predicted octanol–water partition coefficient (Wildman–Crippen LogP) is 0.974. The predicted molar refractivity (Wildman–Crippen MR) is 41.8 cm³/mol. The van der Waals surface area contributed by atoms with E-state index in [9.17, 15) is 15.3 Å². The minimum atomic E-state index is -0.681. The lowest BCUT2D eigenvalue weighted by atomic mass is 10.4. The lowest BCUT2D eigenvalue weighted by molar-refractivity contribution is -0.577. The maximum atomic E-state index is 11.0. The number of rotatable bonds is 1. The highest BCUT2D eigenvalue weighted by atomic mass is 16.6. The van der Waals surface area contributed by atoms with Gasteiger partial charge in [-0.2, -0.15) is 4.73 Å². The molecular formula is C7H4N2O4. The first-order valence-electron chi connectivity index (χ1n) is 3.44. The number of pyridine rings is 1. The molecule has 0 fully saturated rings. The quantitative estimate of drug-likeness (QED) is 0.283. The van der Waals surface area contributed by atoms with Crippen molar-refractivity contribution in [1.82, 2.24) is 0 Å². The molecule has 6 nitrogen and oxygen atoms in total. The monoisotopic (exact) mass is 180 g/mol. The van der Waals surface area contributed by atoms with Crippen LogP contribution in [0.1, 0.15) is 0 Å². The van der Waals surface area contributed by atoms with E-state index in [-0.39, 0.29) is 11.1 Å². The summed E-state index contributed by atoms with van der Waals surface area (Å²) < 4.78 is 5.31. The van der Waals surface area contributed by atoms with Gasteiger partial charge in [0.15, 0.2) is 6.20 Å². The fourth-order valence-electron chi connectivity index (χ4n) is 1.05. The summed E-state index contributed by atoms with van der Waals surface area (Å²) in [5, 5.41) is 21.3. The first-order valence-corrected chi connectivity index (χ1v) is 3.44. The Balaban J connectivity index is 2.75. The van der Waals surface area contributed by atoms with Gasteiger partial charge in [0.1, 0.15) is 11.0 Å². The third kappa shape index (κ3) is 1.08. The minimum absolute atomic E-state index is 0.161. The van der Waals surface area contributed by atoms with Gasteiger partial charge in [0.25, 0.3) is 5.52 Å². The van der Waals surface area contributed by atoms with Gasteiger partial charge >= 0.3 is 5.88 Å². The van der Waals surface area contributed by atoms with E-state index >= 15 is 0 Å². The van der Waals surface area contributed by atoms with Crippen LogP contribution >= 0.6 is 0 Å². The Hall–Kier alpha value is -2.11. The van der Waals surface area contributed by atoms with Gasteiger partial charge in [-0.15, -0.1) is 0 Å². The summed E-state index contributed by atoms with van der Waals surface area (Å²) in [5.41, 5.74) is 0.374. The molecule has 0 atom stereocenters. The van der Waals surface area contributed by atoms with E-state index in [0.29, 0.717) is 4.73 Å². The molecule has 0 spiro atoms. The van der Waals surface area contributed by atoms with E-state index in [1.54, 1.807) is 0 Å². The van der Waals surface area contributed by atoms with Crippen molar-refractivity contribution in [1.29, 1.82) is 0 Å². The molecule has 0 saturated heterocycles. The fourth-order valence-corrected chi connectivity index (χ4v) is 1.05. The van der Waals surface area contributed by atoms with Gasteiger partial charge in [-0.05, 0) is 6.07 Å². The largest absolute Gasteiger partial charge is 0.618 e. The van der Waals surface area contributed by atoms with Crippen LogP contribution in [0.4, 0.5) is 5.88 Å². The number of aromatic nitrogens is 1. The number of nitro groups is 1. The molecule has 13 heavy (non-hydrogen) atoms. The van der Waals surface area contributed by atoms with Crippen LogP contribution in [-0.4, -0.2) is 4.92 Å². The molecule has 0 aromatic carbocycles. The van der Waals surface area contributed by atoms with Gasteiger partial charge in [-0.1, -0.05) is 0 Å². The second-order valence-electron chi connectivity index (χ2n) is 2.43. The highest BCUT2D eigenvalue weighted by Gasteiger charge is 2.18. The fraction of sp³-hybridized carbons (Fsp3) is 0. The molecule has 0 radical (unpaired) electrons. The van der Waals surface area contributed by atoms with E-state index in [2.05, 4.69) is 0 Å². The van der Waals surface area contributed by atoms with Crippen molar-refractivity contribution in [3.05, 3.63) is 39.7 Å². The first-order chi connectivity index (χ1) is 6.18. The standard InChI is InChI=1S/C7H4N2O4/c10-8-3-1-2-6-5(8)4-7(13-6)9(11)12/h1-4H. The Morgan fingerprint density at radius 3 is 2.92 bits per heavy atom. The van der Waals surface area contributed by atoms with Crippen molar-refractivity contribution in [3.8, 4) is 0 Å². The molecule has 0 aliphatic rings. The molecule has 2 rings (SSSR count). The second-order valence-corrected chi connectivity index (χ2v) is 2.43. The van der Waals surface area contributed by atoms with Gasteiger partial charge in [0, 0.05) is 6.07 Å². The van der Waals surface area contributed by atoms with E-state index < -0.39 is 10.8 Å². The lowest BCUT2D eigenvalue weighted by Gasteiger charge is -1.92. The van der Waals surface area contributed by atoms with Gasteiger partial charge in [0.05, 0.1) is 0 Å². The maximum Gasteiger partial charge on any atom is 0.440 e. The zero-order valence-electron chi connectivity index (χ0n) is 6.34. The molecule has 0 saturated carbocycles. The van der Waals surface area contributed by atoms with Gasteiger partial charge in [-0.25, -0.2) is 0 Å². The van der Waals surface area contributed by atoms with Crippen molar-refractivity contribution in [2.75, 3.05) is 0 Å². The minimum Gasteiger partial charge on any atom is -0.618 e. The molecule has 0 N–H and O–H groups in total. The van der Waals surface area contributed by atoms with Crippen LogP contribution in [-0.2, 0) is 0 Å². The summed E-state index contributed by atoms with van der Waals surface area (Å²) in [5.74, 6) is -0.425. The summed E-state index contributed by atoms with van der Waals surface area (Å²) in [6.07, 6.45) is 1.25. The summed E-state index contributed by atoms with van der Waals surface area (Å²) in [4.78, 5) is 9.60. The topological polar surface area (TPSA) is 83.2 Å². The second kappa shape index (κ2) is 2.44. The zero-order valence-corrected chi connectivity index (χ0v) is 6.34. The molecule has 0 aliphatic heterocycles. The summed E-state index contributed by atoms with van der Waals surface area (Å²) in [7, 11) is 0. The van der Waals surface area contributed by atoms with Gasteiger partial charge in [-0.3, -0.25) is 10.1 Å². The molecule has 2 aromatic rings. The van der Waals surface area contributed by atoms with Crippen molar-refractivity contribution < 1.29 is 14.1 Å². The van der Waals surface area contributed by atoms with E-state index in [1.165, 1.54) is 18.3 Å². The number of hydrogen-bond donors (Lipinski definition) is 0. The van der Waals surface area contributed by atoms with Crippen LogP contribution in [0, 0.1) is 15.3 Å². The maximum absolute atomic E-state index is 11.0. The number of hydrogen-bond acceptors (Lipinski definition) is 4. The Morgan fingerprint density at radius 1 is 1.54 bits per heavy atom. The third-order valence-electron chi connectivity index (χ3n) is 1.61. The lowest BCUT2D eigenvalue weighted by Crippen LogP contribution is -2.24. The molecule has 2 heterocycles. The van der Waals surface area contributed by atoms with Crippen LogP contribution in [0.15, 0.2) is 28.8 Å². The summed E-state index contributed by atoms with van der Waals surface area (Å²) >= 11 is 0. The number of furan rings is 1.